The number of hydrogen-bond donors (Lipinski definition) is 3. The fourth-order valence-electron chi connectivity index (χ4n) is 13.1. The van der Waals surface area contributed by atoms with Gasteiger partial charge in [0, 0.05) is 13.1 Å². The summed E-state index contributed by atoms with van der Waals surface area (Å²) in [4.78, 5) is 2.44. The molecule has 4 N–H and O–H groups in total. The van der Waals surface area contributed by atoms with Crippen LogP contribution in [0.1, 0.15) is 106 Å². The molecule has 240 valence electrons. The Kier molecular flexibility index (Phi) is 7.31. The molecule has 5 aliphatic carbocycles. The number of nitrogens with zero attached hydrogens (tertiary/aromatic N) is 1. The predicted molar refractivity (Wildman–Crippen MR) is 163 cm³/mol. The Morgan fingerprint density at radius 3 is 2.52 bits per heavy atom. The standard InChI is InChI=1S/C35H60N2O5/c1-7-9-22(38)23-18-21(3)28-29(41-23)30(39)35(36)25-11-10-24-31(4,5)26(42-27-19-37(8-2)16-17-40-27)12-13-33(24)20-34(25,33)15-14-32(28,35)6/h21-30,38-39H,7-20,36H2,1-6H3. The Morgan fingerprint density at radius 1 is 1.05 bits per heavy atom. The molecule has 14 atom stereocenters. The number of aliphatic hydroxyl groups excluding tert-OH is 2. The topological polar surface area (TPSA) is 97.4 Å². The quantitative estimate of drug-likeness (QED) is 0.413. The van der Waals surface area contributed by atoms with Crippen LogP contribution in [0.15, 0.2) is 0 Å². The van der Waals surface area contributed by atoms with E-state index in [-0.39, 0.29) is 46.8 Å². The van der Waals surface area contributed by atoms with Gasteiger partial charge in [0.05, 0.1) is 42.7 Å². The maximum Gasteiger partial charge on any atom is 0.170 e. The first-order chi connectivity index (χ1) is 19.9. The molecule has 0 bridgehead atoms. The lowest BCUT2D eigenvalue weighted by molar-refractivity contribution is -0.246. The minimum atomic E-state index is -0.680. The summed E-state index contributed by atoms with van der Waals surface area (Å²) >= 11 is 0. The average Bonchev–Trinajstić information content (AvgIpc) is 3.59. The monoisotopic (exact) mass is 588 g/mol. The molecule has 0 radical (unpaired) electrons. The van der Waals surface area contributed by atoms with Gasteiger partial charge in [-0.3, -0.25) is 4.90 Å². The molecule has 5 saturated carbocycles. The van der Waals surface area contributed by atoms with Crippen LogP contribution in [-0.2, 0) is 14.2 Å². The number of aliphatic hydroxyl groups is 2. The van der Waals surface area contributed by atoms with Gasteiger partial charge in [0.2, 0.25) is 0 Å². The molecule has 7 aliphatic rings. The predicted octanol–water partition coefficient (Wildman–Crippen LogP) is 4.72. The van der Waals surface area contributed by atoms with Crippen molar-refractivity contribution in [1.29, 1.82) is 0 Å². The fraction of sp³-hybridized carbons (Fsp3) is 1.00. The highest BCUT2D eigenvalue weighted by Crippen LogP contribution is 2.87. The summed E-state index contributed by atoms with van der Waals surface area (Å²) in [5.74, 6) is 1.55. The summed E-state index contributed by atoms with van der Waals surface area (Å²) in [7, 11) is 0. The SMILES string of the molecule is CCCC(O)C1CC(C)C2C(O1)C(O)C1(N)C3CCC4C(C)(C)C(OC5CN(CC)CCO5)CCC45CC35CCC21C. The van der Waals surface area contributed by atoms with Crippen molar-refractivity contribution in [1.82, 2.24) is 4.90 Å². The van der Waals surface area contributed by atoms with E-state index in [1.165, 1.54) is 19.3 Å². The van der Waals surface area contributed by atoms with Crippen LogP contribution in [0, 0.1) is 45.3 Å². The molecule has 0 amide bonds. The van der Waals surface area contributed by atoms with Crippen molar-refractivity contribution in [2.24, 2.45) is 51.1 Å². The fourth-order valence-corrected chi connectivity index (χ4v) is 13.1. The molecule has 2 aliphatic heterocycles. The molecular formula is C35H60N2O5. The zero-order valence-corrected chi connectivity index (χ0v) is 27.3. The van der Waals surface area contributed by atoms with E-state index in [0.717, 1.165) is 71.2 Å². The van der Waals surface area contributed by atoms with Crippen molar-refractivity contribution in [3.05, 3.63) is 0 Å². The number of hydrogen-bond acceptors (Lipinski definition) is 7. The molecule has 7 nitrogen and oxygen atoms in total. The second-order valence-corrected chi connectivity index (χ2v) is 16.9. The van der Waals surface area contributed by atoms with Crippen molar-refractivity contribution in [2.45, 2.75) is 148 Å². The zero-order valence-electron chi connectivity index (χ0n) is 27.3. The molecular weight excluding hydrogens is 528 g/mol. The van der Waals surface area contributed by atoms with Gasteiger partial charge < -0.3 is 30.2 Å². The largest absolute Gasteiger partial charge is 0.390 e. The van der Waals surface area contributed by atoms with Gasteiger partial charge in [0.15, 0.2) is 6.29 Å². The first-order valence-electron chi connectivity index (χ1n) is 17.7. The summed E-state index contributed by atoms with van der Waals surface area (Å²) in [6.07, 6.45) is 9.13. The minimum Gasteiger partial charge on any atom is -0.390 e. The molecule has 7 fully saturated rings. The van der Waals surface area contributed by atoms with Crippen LogP contribution in [-0.4, -0.2) is 83.7 Å². The van der Waals surface area contributed by atoms with Crippen molar-refractivity contribution in [2.75, 3.05) is 26.2 Å². The Labute approximate surface area is 254 Å². The van der Waals surface area contributed by atoms with Crippen molar-refractivity contribution < 1.29 is 24.4 Å². The van der Waals surface area contributed by atoms with E-state index < -0.39 is 17.7 Å². The van der Waals surface area contributed by atoms with E-state index in [1.807, 2.05) is 0 Å². The summed E-state index contributed by atoms with van der Waals surface area (Å²) in [6.45, 7) is 17.7. The average molecular weight is 589 g/mol. The van der Waals surface area contributed by atoms with Crippen LogP contribution in [0.5, 0.6) is 0 Å². The van der Waals surface area contributed by atoms with Gasteiger partial charge in [0.1, 0.15) is 0 Å². The molecule has 7 heteroatoms. The van der Waals surface area contributed by atoms with Crippen LogP contribution in [0.4, 0.5) is 0 Å². The van der Waals surface area contributed by atoms with Crippen molar-refractivity contribution >= 4 is 0 Å². The minimum absolute atomic E-state index is 0.0790. The van der Waals surface area contributed by atoms with Crippen LogP contribution < -0.4 is 5.73 Å². The van der Waals surface area contributed by atoms with E-state index in [9.17, 15) is 10.2 Å². The third-order valence-corrected chi connectivity index (χ3v) is 15.1. The van der Waals surface area contributed by atoms with Crippen molar-refractivity contribution in [3.8, 4) is 0 Å². The summed E-state index contributed by atoms with van der Waals surface area (Å²) < 4.78 is 19.6. The number of ether oxygens (including phenoxy) is 3. The zero-order chi connectivity index (χ0) is 29.9. The third kappa shape index (κ3) is 3.83. The second-order valence-electron chi connectivity index (χ2n) is 16.9. The third-order valence-electron chi connectivity index (χ3n) is 15.1. The molecule has 7 rings (SSSR count). The molecule has 42 heavy (non-hydrogen) atoms. The Hall–Kier alpha value is -0.280. The molecule has 14 unspecified atom stereocenters. The lowest BCUT2D eigenvalue weighted by atomic mass is 9.43. The summed E-state index contributed by atoms with van der Waals surface area (Å²) in [5.41, 5.74) is 7.56. The molecule has 2 saturated heterocycles. The Bertz CT molecular complexity index is 1040. The first-order valence-corrected chi connectivity index (χ1v) is 17.7. The maximum atomic E-state index is 12.3. The van der Waals surface area contributed by atoms with Gasteiger partial charge in [-0.05, 0) is 110 Å². The number of fused-ring (bicyclic) bond motifs is 4. The van der Waals surface area contributed by atoms with Gasteiger partial charge in [-0.25, -0.2) is 0 Å². The summed E-state index contributed by atoms with van der Waals surface area (Å²) in [5, 5.41) is 23.1. The highest BCUT2D eigenvalue weighted by Gasteiger charge is 2.85. The molecule has 0 aromatic carbocycles. The maximum absolute atomic E-state index is 12.3. The van der Waals surface area contributed by atoms with E-state index in [2.05, 4.69) is 46.4 Å². The highest BCUT2D eigenvalue weighted by atomic mass is 16.7. The normalized spacial score (nSPS) is 55.5. The van der Waals surface area contributed by atoms with Gasteiger partial charge >= 0.3 is 0 Å². The molecule has 2 spiro atoms. The Balaban J connectivity index is 1.14. The number of morpholine rings is 1. The molecule has 2 heterocycles. The Morgan fingerprint density at radius 2 is 1.79 bits per heavy atom. The lowest BCUT2D eigenvalue weighted by Crippen LogP contribution is -2.70. The summed E-state index contributed by atoms with van der Waals surface area (Å²) in [6, 6.07) is 0. The van der Waals surface area contributed by atoms with Gasteiger partial charge in [0.25, 0.3) is 0 Å². The smallest absolute Gasteiger partial charge is 0.170 e. The van der Waals surface area contributed by atoms with Crippen LogP contribution in [0.2, 0.25) is 0 Å². The van der Waals surface area contributed by atoms with Gasteiger partial charge in [-0.2, -0.15) is 0 Å². The lowest BCUT2D eigenvalue weighted by Gasteiger charge is -2.63. The molecule has 0 aromatic rings. The van der Waals surface area contributed by atoms with Gasteiger partial charge in [-0.1, -0.05) is 48.0 Å². The number of nitrogens with two attached hydrogens (primary N) is 1. The van der Waals surface area contributed by atoms with E-state index in [1.54, 1.807) is 0 Å². The van der Waals surface area contributed by atoms with Gasteiger partial charge in [-0.15, -0.1) is 0 Å². The van der Waals surface area contributed by atoms with E-state index in [4.69, 9.17) is 19.9 Å². The number of likely N-dealkylation sites (N-methyl/N-ethyl adjacent to an activating group) is 1. The highest BCUT2D eigenvalue weighted by molar-refractivity contribution is 5.35. The second kappa shape index (κ2) is 10.1. The first kappa shape index (κ1) is 30.4. The van der Waals surface area contributed by atoms with Crippen LogP contribution in [0.3, 0.4) is 0 Å². The van der Waals surface area contributed by atoms with E-state index >= 15 is 0 Å². The van der Waals surface area contributed by atoms with Crippen LogP contribution >= 0.6 is 0 Å². The van der Waals surface area contributed by atoms with Crippen LogP contribution in [0.25, 0.3) is 0 Å². The van der Waals surface area contributed by atoms with Crippen molar-refractivity contribution in [3.63, 3.8) is 0 Å². The number of rotatable bonds is 6. The molecule has 0 aromatic heterocycles. The van der Waals surface area contributed by atoms with E-state index in [0.29, 0.717) is 23.2 Å².